The zero-order chi connectivity index (χ0) is 15.5. The summed E-state index contributed by atoms with van der Waals surface area (Å²) in [5.41, 5.74) is 1.71. The number of nitrogens with zero attached hydrogens (tertiary/aromatic N) is 2. The molecular weight excluding hydrogens is 284 g/mol. The average Bonchev–Trinajstić information content (AvgIpc) is 3.07. The van der Waals surface area contributed by atoms with Crippen molar-refractivity contribution in [2.75, 3.05) is 11.9 Å². The summed E-state index contributed by atoms with van der Waals surface area (Å²) in [6, 6.07) is 3.53. The number of aryl methyl sites for hydroxylation is 2. The van der Waals surface area contributed by atoms with Gasteiger partial charge in [0, 0.05) is 24.6 Å². The summed E-state index contributed by atoms with van der Waals surface area (Å²) in [4.78, 5) is 20.3. The molecule has 3 heterocycles. The van der Waals surface area contributed by atoms with E-state index in [-0.39, 0.29) is 24.2 Å². The molecule has 0 bridgehead atoms. The zero-order valence-corrected chi connectivity index (χ0v) is 12.5. The van der Waals surface area contributed by atoms with Gasteiger partial charge in [-0.25, -0.2) is 4.79 Å². The minimum atomic E-state index is -0.356. The molecule has 7 nitrogen and oxygen atoms in total. The zero-order valence-electron chi connectivity index (χ0n) is 12.5. The number of carbonyl (C=O) groups excluding carboxylic acids is 1. The second-order valence-electron chi connectivity index (χ2n) is 5.23. The predicted molar refractivity (Wildman–Crippen MR) is 79.5 cm³/mol. The Morgan fingerprint density at radius 1 is 1.41 bits per heavy atom. The quantitative estimate of drug-likeness (QED) is 0.908. The van der Waals surface area contributed by atoms with Gasteiger partial charge >= 0.3 is 12.0 Å². The minimum Gasteiger partial charge on any atom is -0.428 e. The van der Waals surface area contributed by atoms with Crippen LogP contribution in [0.5, 0.6) is 0 Å². The lowest BCUT2D eigenvalue weighted by atomic mass is 10.0. The number of hydrogen-bond acceptors (Lipinski definition) is 5. The molecule has 1 aliphatic rings. The summed E-state index contributed by atoms with van der Waals surface area (Å²) in [6.07, 6.45) is 4.02. The Hall–Kier alpha value is -2.41. The number of urea groups is 1. The van der Waals surface area contributed by atoms with Crippen LogP contribution in [-0.4, -0.2) is 28.6 Å². The molecule has 0 radical (unpaired) electrons. The van der Waals surface area contributed by atoms with E-state index in [0.29, 0.717) is 12.4 Å². The lowest BCUT2D eigenvalue weighted by molar-refractivity contribution is 0.100. The number of hydrogen-bond donors (Lipinski definition) is 2. The number of amides is 2. The van der Waals surface area contributed by atoms with Gasteiger partial charge in [0.05, 0.1) is 11.7 Å². The summed E-state index contributed by atoms with van der Waals surface area (Å²) in [7, 11) is 0. The van der Waals surface area contributed by atoms with E-state index in [1.54, 1.807) is 19.3 Å². The van der Waals surface area contributed by atoms with Gasteiger partial charge in [0.15, 0.2) is 0 Å². The van der Waals surface area contributed by atoms with Gasteiger partial charge in [-0.15, -0.1) is 0 Å². The van der Waals surface area contributed by atoms with Crippen molar-refractivity contribution >= 4 is 12.0 Å². The highest BCUT2D eigenvalue weighted by Gasteiger charge is 2.31. The van der Waals surface area contributed by atoms with Crippen molar-refractivity contribution in [3.05, 3.63) is 41.5 Å². The van der Waals surface area contributed by atoms with Crippen LogP contribution in [0.2, 0.25) is 0 Å². The van der Waals surface area contributed by atoms with Gasteiger partial charge in [-0.1, -0.05) is 6.07 Å². The smallest absolute Gasteiger partial charge is 0.323 e. The summed E-state index contributed by atoms with van der Waals surface area (Å²) >= 11 is 0. The Morgan fingerprint density at radius 2 is 2.27 bits per heavy atom. The first-order valence-electron chi connectivity index (χ1n) is 7.16. The molecule has 0 spiro atoms. The van der Waals surface area contributed by atoms with Crippen molar-refractivity contribution in [2.24, 2.45) is 0 Å². The normalized spacial score (nSPS) is 20.8. The summed E-state index contributed by atoms with van der Waals surface area (Å²) in [5, 5.41) is 5.51. The standard InChI is InChI=1S/C15H18N4O3/c1-9-10(2)22-15(17-9)19-14(20)18-12-5-7-21-13(12)11-4-3-6-16-8-11/h3-4,6,8,12-13H,5,7H2,1-2H3,(H2,17,18,19,20)/t12-,13+/m0/s1. The van der Waals surface area contributed by atoms with E-state index in [4.69, 9.17) is 9.15 Å². The van der Waals surface area contributed by atoms with E-state index in [1.165, 1.54) is 0 Å². The number of nitrogens with one attached hydrogen (secondary N) is 2. The van der Waals surface area contributed by atoms with Crippen LogP contribution in [0.1, 0.15) is 29.5 Å². The van der Waals surface area contributed by atoms with Crippen LogP contribution in [0.15, 0.2) is 28.9 Å². The molecule has 0 aliphatic carbocycles. The predicted octanol–water partition coefficient (Wildman–Crippen LogP) is 2.34. The molecule has 2 N–H and O–H groups in total. The van der Waals surface area contributed by atoms with E-state index < -0.39 is 0 Å². The highest BCUT2D eigenvalue weighted by atomic mass is 16.5. The fourth-order valence-electron chi connectivity index (χ4n) is 2.44. The van der Waals surface area contributed by atoms with Gasteiger partial charge in [0.25, 0.3) is 0 Å². The van der Waals surface area contributed by atoms with Gasteiger partial charge in [0.1, 0.15) is 11.9 Å². The molecule has 0 unspecified atom stereocenters. The molecular formula is C15H18N4O3. The van der Waals surface area contributed by atoms with Crippen molar-refractivity contribution < 1.29 is 13.9 Å². The Bertz CT molecular complexity index is 637. The fourth-order valence-corrected chi connectivity index (χ4v) is 2.44. The number of aromatic nitrogens is 2. The number of ether oxygens (including phenoxy) is 1. The second kappa shape index (κ2) is 6.15. The molecule has 3 rings (SSSR count). The molecule has 22 heavy (non-hydrogen) atoms. The first-order valence-corrected chi connectivity index (χ1v) is 7.16. The van der Waals surface area contributed by atoms with Crippen molar-refractivity contribution in [1.29, 1.82) is 0 Å². The molecule has 1 fully saturated rings. The van der Waals surface area contributed by atoms with Gasteiger partial charge in [-0.2, -0.15) is 4.98 Å². The second-order valence-corrected chi connectivity index (χ2v) is 5.23. The number of oxazole rings is 1. The molecule has 1 aliphatic heterocycles. The Balaban J connectivity index is 1.63. The van der Waals surface area contributed by atoms with Crippen LogP contribution in [0.4, 0.5) is 10.8 Å². The van der Waals surface area contributed by atoms with E-state index in [2.05, 4.69) is 20.6 Å². The number of carbonyl (C=O) groups is 1. The SMILES string of the molecule is Cc1nc(NC(=O)N[C@H]2CCO[C@@H]2c2cccnc2)oc1C. The molecule has 1 saturated heterocycles. The Kier molecular flexibility index (Phi) is 4.06. The highest BCUT2D eigenvalue weighted by Crippen LogP contribution is 2.28. The van der Waals surface area contributed by atoms with E-state index in [9.17, 15) is 4.79 Å². The van der Waals surface area contributed by atoms with Crippen LogP contribution in [0.25, 0.3) is 0 Å². The highest BCUT2D eigenvalue weighted by molar-refractivity contribution is 5.87. The maximum absolute atomic E-state index is 12.1. The molecule has 7 heteroatoms. The van der Waals surface area contributed by atoms with E-state index in [1.807, 2.05) is 19.1 Å². The lowest BCUT2D eigenvalue weighted by Crippen LogP contribution is -2.39. The number of pyridine rings is 1. The van der Waals surface area contributed by atoms with Gasteiger partial charge < -0.3 is 14.5 Å². The summed E-state index contributed by atoms with van der Waals surface area (Å²) in [6.45, 7) is 4.22. The van der Waals surface area contributed by atoms with Crippen molar-refractivity contribution in [3.8, 4) is 0 Å². The van der Waals surface area contributed by atoms with Crippen LogP contribution < -0.4 is 10.6 Å². The van der Waals surface area contributed by atoms with Gasteiger partial charge in [-0.05, 0) is 26.3 Å². The van der Waals surface area contributed by atoms with Crippen LogP contribution >= 0.6 is 0 Å². The fraction of sp³-hybridized carbons (Fsp3) is 0.400. The third-order valence-electron chi connectivity index (χ3n) is 3.67. The summed E-state index contributed by atoms with van der Waals surface area (Å²) < 4.78 is 11.0. The first-order chi connectivity index (χ1) is 10.6. The van der Waals surface area contributed by atoms with Gasteiger partial charge in [-0.3, -0.25) is 10.3 Å². The monoisotopic (exact) mass is 302 g/mol. The lowest BCUT2D eigenvalue weighted by Gasteiger charge is -2.19. The molecule has 116 valence electrons. The molecule has 2 aromatic heterocycles. The molecule has 2 amide bonds. The molecule has 0 saturated carbocycles. The topological polar surface area (TPSA) is 89.3 Å². The third-order valence-corrected chi connectivity index (χ3v) is 3.67. The van der Waals surface area contributed by atoms with E-state index >= 15 is 0 Å². The Labute approximate surface area is 128 Å². The Morgan fingerprint density at radius 3 is 2.95 bits per heavy atom. The van der Waals surface area contributed by atoms with Crippen LogP contribution in [-0.2, 0) is 4.74 Å². The molecule has 0 aromatic carbocycles. The maximum Gasteiger partial charge on any atom is 0.323 e. The average molecular weight is 302 g/mol. The van der Waals surface area contributed by atoms with Crippen molar-refractivity contribution in [3.63, 3.8) is 0 Å². The van der Waals surface area contributed by atoms with Crippen molar-refractivity contribution in [1.82, 2.24) is 15.3 Å². The number of rotatable bonds is 3. The van der Waals surface area contributed by atoms with Crippen LogP contribution in [0, 0.1) is 13.8 Å². The van der Waals surface area contributed by atoms with E-state index in [0.717, 1.165) is 17.7 Å². The molecule has 2 atom stereocenters. The van der Waals surface area contributed by atoms with Crippen molar-refractivity contribution in [2.45, 2.75) is 32.4 Å². The first kappa shape index (κ1) is 14.5. The van der Waals surface area contributed by atoms with Gasteiger partial charge in [0.2, 0.25) is 0 Å². The minimum absolute atomic E-state index is 0.110. The summed E-state index contributed by atoms with van der Waals surface area (Å²) in [5.74, 6) is 0.688. The van der Waals surface area contributed by atoms with Crippen LogP contribution in [0.3, 0.4) is 0 Å². The maximum atomic E-state index is 12.1. The largest absolute Gasteiger partial charge is 0.428 e. The molecule has 2 aromatic rings. The number of anilines is 1. The third kappa shape index (κ3) is 3.09.